The van der Waals surface area contributed by atoms with E-state index in [0.29, 0.717) is 6.61 Å². The van der Waals surface area contributed by atoms with Crippen molar-refractivity contribution in [3.63, 3.8) is 0 Å². The van der Waals surface area contributed by atoms with Crippen LogP contribution in [0, 0.1) is 5.92 Å². The van der Waals surface area contributed by atoms with E-state index in [2.05, 4.69) is 27.4 Å². The Balaban J connectivity index is 2.41. The van der Waals surface area contributed by atoms with Gasteiger partial charge in [0.2, 0.25) is 0 Å². The zero-order valence-electron chi connectivity index (χ0n) is 9.17. The molecule has 0 saturated carbocycles. The molecule has 0 aromatic rings. The third-order valence-electron chi connectivity index (χ3n) is 2.52. The number of nitrogens with zero attached hydrogens (tertiary/aromatic N) is 1. The molecule has 0 bridgehead atoms. The highest BCUT2D eigenvalue weighted by atomic mass is 79.9. The second-order valence-electron chi connectivity index (χ2n) is 3.84. The molecule has 1 rings (SSSR count). The number of hydrogen-bond donors (Lipinski definition) is 0. The molecule has 15 heavy (non-hydrogen) atoms. The van der Waals surface area contributed by atoms with E-state index < -0.39 is 0 Å². The van der Waals surface area contributed by atoms with Crippen molar-refractivity contribution >= 4 is 21.9 Å². The van der Waals surface area contributed by atoms with Crippen molar-refractivity contribution in [3.05, 3.63) is 11.1 Å². The minimum Gasteiger partial charge on any atom is -0.466 e. The van der Waals surface area contributed by atoms with Gasteiger partial charge in [-0.2, -0.15) is 0 Å². The zero-order valence-corrected chi connectivity index (χ0v) is 10.8. The Hall–Kier alpha value is -0.350. The van der Waals surface area contributed by atoms with Crippen LogP contribution >= 0.6 is 15.9 Å². The average molecular weight is 276 g/mol. The predicted octanol–water partition coefficient (Wildman–Crippen LogP) is 2.17. The summed E-state index contributed by atoms with van der Waals surface area (Å²) in [6.45, 7) is 8.79. The Morgan fingerprint density at radius 1 is 1.67 bits per heavy atom. The average Bonchev–Trinajstić information content (AvgIpc) is 2.17. The van der Waals surface area contributed by atoms with Crippen molar-refractivity contribution in [2.45, 2.75) is 19.8 Å². The van der Waals surface area contributed by atoms with Crippen LogP contribution in [0.2, 0.25) is 0 Å². The quantitative estimate of drug-likeness (QED) is 0.737. The minimum absolute atomic E-state index is 0.0468. The summed E-state index contributed by atoms with van der Waals surface area (Å²) in [5, 5.41) is 0. The Bertz CT molecular complexity index is 243. The molecule has 0 unspecified atom stereocenters. The largest absolute Gasteiger partial charge is 0.466 e. The van der Waals surface area contributed by atoms with E-state index >= 15 is 0 Å². The van der Waals surface area contributed by atoms with Gasteiger partial charge in [-0.05, 0) is 26.3 Å². The van der Waals surface area contributed by atoms with Gasteiger partial charge in [0, 0.05) is 17.6 Å². The van der Waals surface area contributed by atoms with Crippen molar-refractivity contribution in [3.8, 4) is 0 Å². The van der Waals surface area contributed by atoms with Gasteiger partial charge in [0.1, 0.15) is 0 Å². The van der Waals surface area contributed by atoms with Crippen molar-refractivity contribution in [1.82, 2.24) is 4.90 Å². The maximum atomic E-state index is 11.5. The molecule has 1 aliphatic heterocycles. The van der Waals surface area contributed by atoms with Crippen LogP contribution in [0.5, 0.6) is 0 Å². The van der Waals surface area contributed by atoms with Gasteiger partial charge < -0.3 is 4.74 Å². The number of carbonyl (C=O) groups is 1. The summed E-state index contributed by atoms with van der Waals surface area (Å²) in [5.74, 6) is -0.00654. The summed E-state index contributed by atoms with van der Waals surface area (Å²) < 4.78 is 6.00. The maximum absolute atomic E-state index is 11.5. The normalized spacial score (nSPS) is 22.4. The third-order valence-corrected chi connectivity index (χ3v) is 2.77. The lowest BCUT2D eigenvalue weighted by Crippen LogP contribution is -2.39. The van der Waals surface area contributed by atoms with E-state index in [0.717, 1.165) is 37.0 Å². The van der Waals surface area contributed by atoms with E-state index in [1.807, 2.05) is 6.92 Å². The lowest BCUT2D eigenvalue weighted by molar-refractivity contribution is -0.149. The summed E-state index contributed by atoms with van der Waals surface area (Å²) in [6, 6.07) is 0. The number of hydrogen-bond acceptors (Lipinski definition) is 3. The standard InChI is InChI=1S/C11H18BrNO2/c1-3-15-11(14)10-5-4-6-13(8-10)7-9(2)12/h10H,2-8H2,1H3/t10-/m1/s1. The summed E-state index contributed by atoms with van der Waals surface area (Å²) in [4.78, 5) is 13.8. The summed E-state index contributed by atoms with van der Waals surface area (Å²) >= 11 is 3.35. The van der Waals surface area contributed by atoms with Crippen molar-refractivity contribution in [1.29, 1.82) is 0 Å². The highest BCUT2D eigenvalue weighted by Gasteiger charge is 2.26. The van der Waals surface area contributed by atoms with Crippen molar-refractivity contribution < 1.29 is 9.53 Å². The summed E-state index contributed by atoms with van der Waals surface area (Å²) in [7, 11) is 0. The first-order valence-electron chi connectivity index (χ1n) is 5.35. The molecule has 1 atom stereocenters. The van der Waals surface area contributed by atoms with Crippen LogP contribution in [0.15, 0.2) is 11.1 Å². The third kappa shape index (κ3) is 4.34. The smallest absolute Gasteiger partial charge is 0.310 e. The molecule has 0 radical (unpaired) electrons. The molecular formula is C11H18BrNO2. The molecule has 0 amide bonds. The van der Waals surface area contributed by atoms with Crippen molar-refractivity contribution in [2.24, 2.45) is 5.92 Å². The van der Waals surface area contributed by atoms with Crippen molar-refractivity contribution in [2.75, 3.05) is 26.2 Å². The molecule has 0 aromatic carbocycles. The highest BCUT2D eigenvalue weighted by molar-refractivity contribution is 9.11. The first kappa shape index (κ1) is 12.7. The van der Waals surface area contributed by atoms with Gasteiger partial charge in [0.15, 0.2) is 0 Å². The fourth-order valence-electron chi connectivity index (χ4n) is 1.89. The first-order chi connectivity index (χ1) is 7.13. The van der Waals surface area contributed by atoms with E-state index in [-0.39, 0.29) is 11.9 Å². The Morgan fingerprint density at radius 2 is 2.40 bits per heavy atom. The van der Waals surface area contributed by atoms with Gasteiger partial charge in [0.25, 0.3) is 0 Å². The Labute approximate surface area is 99.6 Å². The fraction of sp³-hybridized carbons (Fsp3) is 0.727. The molecular weight excluding hydrogens is 258 g/mol. The SMILES string of the molecule is C=C(Br)CN1CCC[C@@H](C(=O)OCC)C1. The predicted molar refractivity (Wildman–Crippen MR) is 63.9 cm³/mol. The van der Waals surface area contributed by atoms with Crippen LogP contribution in [0.1, 0.15) is 19.8 Å². The van der Waals surface area contributed by atoms with E-state index in [1.54, 1.807) is 0 Å². The van der Waals surface area contributed by atoms with Gasteiger partial charge >= 0.3 is 5.97 Å². The summed E-state index contributed by atoms with van der Waals surface area (Å²) in [6.07, 6.45) is 2.01. The maximum Gasteiger partial charge on any atom is 0.310 e. The van der Waals surface area contributed by atoms with Gasteiger partial charge in [-0.25, -0.2) is 0 Å². The second-order valence-corrected chi connectivity index (χ2v) is 4.97. The van der Waals surface area contributed by atoms with Gasteiger partial charge in [0.05, 0.1) is 12.5 Å². The molecule has 1 aliphatic rings. The number of halogens is 1. The molecule has 3 nitrogen and oxygen atoms in total. The molecule has 4 heteroatoms. The van der Waals surface area contributed by atoms with E-state index in [4.69, 9.17) is 4.74 Å². The highest BCUT2D eigenvalue weighted by Crippen LogP contribution is 2.19. The molecule has 0 spiro atoms. The van der Waals surface area contributed by atoms with Crippen LogP contribution in [0.25, 0.3) is 0 Å². The number of ether oxygens (including phenoxy) is 1. The van der Waals surface area contributed by atoms with Crippen LogP contribution in [0.3, 0.4) is 0 Å². The molecule has 1 heterocycles. The lowest BCUT2D eigenvalue weighted by Gasteiger charge is -2.31. The topological polar surface area (TPSA) is 29.5 Å². The molecule has 1 fully saturated rings. The monoisotopic (exact) mass is 275 g/mol. The van der Waals surface area contributed by atoms with E-state index in [1.165, 1.54) is 0 Å². The van der Waals surface area contributed by atoms with E-state index in [9.17, 15) is 4.79 Å². The molecule has 0 aliphatic carbocycles. The van der Waals surface area contributed by atoms with Gasteiger partial charge in [-0.15, -0.1) is 0 Å². The first-order valence-corrected chi connectivity index (χ1v) is 6.15. The molecule has 86 valence electrons. The number of rotatable bonds is 4. The van der Waals surface area contributed by atoms with Gasteiger partial charge in [-0.3, -0.25) is 9.69 Å². The number of piperidine rings is 1. The van der Waals surface area contributed by atoms with Crippen LogP contribution in [-0.4, -0.2) is 37.1 Å². The minimum atomic E-state index is -0.0533. The zero-order chi connectivity index (χ0) is 11.3. The number of likely N-dealkylation sites (tertiary alicyclic amines) is 1. The number of carbonyl (C=O) groups excluding carboxylic acids is 1. The summed E-state index contributed by atoms with van der Waals surface area (Å²) in [5.41, 5.74) is 0. The number of esters is 1. The molecule has 0 aromatic heterocycles. The Kier molecular flexibility index (Phi) is 5.32. The molecule has 1 saturated heterocycles. The van der Waals surface area contributed by atoms with Crippen LogP contribution in [0.4, 0.5) is 0 Å². The second kappa shape index (κ2) is 6.28. The van der Waals surface area contributed by atoms with Crippen LogP contribution < -0.4 is 0 Å². The Morgan fingerprint density at radius 3 is 3.00 bits per heavy atom. The van der Waals surface area contributed by atoms with Gasteiger partial charge in [-0.1, -0.05) is 22.5 Å². The van der Waals surface area contributed by atoms with Crippen LogP contribution in [-0.2, 0) is 9.53 Å². The lowest BCUT2D eigenvalue weighted by atomic mass is 9.98. The fourth-order valence-corrected chi connectivity index (χ4v) is 2.25. The molecule has 0 N–H and O–H groups in total.